The Bertz CT molecular complexity index is 899. The molecule has 7 nitrogen and oxygen atoms in total. The van der Waals surface area contributed by atoms with Crippen molar-refractivity contribution < 1.29 is 17.7 Å². The number of amides is 1. The molecule has 2 aromatic rings. The summed E-state index contributed by atoms with van der Waals surface area (Å²) in [6, 6.07) is 5.20. The Balaban J connectivity index is 2.65. The molecule has 0 atom stereocenters. The summed E-state index contributed by atoms with van der Waals surface area (Å²) >= 11 is 0. The van der Waals surface area contributed by atoms with Crippen molar-refractivity contribution >= 4 is 21.8 Å². The van der Waals surface area contributed by atoms with Crippen molar-refractivity contribution in [1.82, 2.24) is 9.46 Å². The number of carbonyl (C=O) groups is 1. The molecule has 0 radical (unpaired) electrons. The van der Waals surface area contributed by atoms with Crippen LogP contribution >= 0.6 is 0 Å². The maximum atomic E-state index is 13.0. The van der Waals surface area contributed by atoms with E-state index < -0.39 is 10.0 Å². The number of anilines is 1. The van der Waals surface area contributed by atoms with Crippen LogP contribution in [0.1, 0.15) is 39.0 Å². The average molecular weight is 379 g/mol. The van der Waals surface area contributed by atoms with Crippen molar-refractivity contribution in [3.63, 3.8) is 0 Å². The van der Waals surface area contributed by atoms with E-state index in [1.165, 1.54) is 11.2 Å². The summed E-state index contributed by atoms with van der Waals surface area (Å²) in [5.41, 5.74) is 2.57. The lowest BCUT2D eigenvalue weighted by Crippen LogP contribution is -2.31. The summed E-state index contributed by atoms with van der Waals surface area (Å²) in [6.07, 6.45) is 0.588. The average Bonchev–Trinajstić information content (AvgIpc) is 2.98. The Morgan fingerprint density at radius 2 is 1.88 bits per heavy atom. The fourth-order valence-electron chi connectivity index (χ4n) is 2.84. The number of aromatic nitrogens is 1. The zero-order valence-electron chi connectivity index (χ0n) is 15.8. The molecule has 8 heteroatoms. The van der Waals surface area contributed by atoms with E-state index in [0.29, 0.717) is 41.9 Å². The third-order valence-corrected chi connectivity index (χ3v) is 6.38. The molecule has 2 rings (SSSR count). The smallest absolute Gasteiger partial charge is 0.243 e. The minimum absolute atomic E-state index is 0.226. The van der Waals surface area contributed by atoms with Gasteiger partial charge in [-0.3, -0.25) is 10.1 Å². The van der Waals surface area contributed by atoms with Gasteiger partial charge in [-0.1, -0.05) is 38.1 Å². The van der Waals surface area contributed by atoms with Gasteiger partial charge in [0, 0.05) is 20.0 Å². The van der Waals surface area contributed by atoms with Gasteiger partial charge < -0.3 is 4.52 Å². The van der Waals surface area contributed by atoms with Crippen LogP contribution in [0.5, 0.6) is 0 Å². The molecule has 1 aromatic carbocycles. The molecule has 0 saturated carbocycles. The highest BCUT2D eigenvalue weighted by atomic mass is 32.2. The molecule has 0 spiro atoms. The normalized spacial score (nSPS) is 11.8. The Hall–Kier alpha value is -2.19. The van der Waals surface area contributed by atoms with Gasteiger partial charge in [-0.2, -0.15) is 4.31 Å². The highest BCUT2D eigenvalue weighted by molar-refractivity contribution is 7.89. The first-order valence-corrected chi connectivity index (χ1v) is 10.1. The zero-order chi connectivity index (χ0) is 19.5. The predicted molar refractivity (Wildman–Crippen MR) is 100 cm³/mol. The third kappa shape index (κ3) is 3.81. The van der Waals surface area contributed by atoms with E-state index >= 15 is 0 Å². The Morgan fingerprint density at radius 3 is 2.42 bits per heavy atom. The summed E-state index contributed by atoms with van der Waals surface area (Å²) in [6.45, 7) is 9.47. The third-order valence-electron chi connectivity index (χ3n) is 4.19. The molecule has 1 N–H and O–H groups in total. The summed E-state index contributed by atoms with van der Waals surface area (Å²) in [7, 11) is -3.61. The molecule has 1 amide bonds. The lowest BCUT2D eigenvalue weighted by atomic mass is 10.0. The number of sulfonamides is 1. The van der Waals surface area contributed by atoms with Gasteiger partial charge in [0.25, 0.3) is 0 Å². The number of nitrogens with one attached hydrogen (secondary N) is 1. The minimum Gasteiger partial charge on any atom is -0.337 e. The predicted octanol–water partition coefficient (Wildman–Crippen LogP) is 3.20. The van der Waals surface area contributed by atoms with Crippen LogP contribution in [0.15, 0.2) is 27.6 Å². The largest absolute Gasteiger partial charge is 0.337 e. The van der Waals surface area contributed by atoms with Gasteiger partial charge in [-0.15, -0.1) is 0 Å². The second kappa shape index (κ2) is 8.01. The summed E-state index contributed by atoms with van der Waals surface area (Å²) < 4.78 is 32.6. The van der Waals surface area contributed by atoms with Gasteiger partial charge in [-0.05, 0) is 30.5 Å². The minimum atomic E-state index is -3.61. The molecule has 0 aliphatic carbocycles. The Labute approximate surface area is 154 Å². The number of hydrogen-bond acceptors (Lipinski definition) is 5. The number of benzene rings is 1. The number of nitrogens with zero attached hydrogens (tertiary/aromatic N) is 2. The second-order valence-electron chi connectivity index (χ2n) is 5.94. The number of aryl methyl sites for hydroxylation is 2. The van der Waals surface area contributed by atoms with Crippen LogP contribution in [-0.2, 0) is 21.2 Å². The molecule has 0 aliphatic rings. The van der Waals surface area contributed by atoms with Gasteiger partial charge in [0.05, 0.1) is 16.2 Å². The van der Waals surface area contributed by atoms with Crippen molar-refractivity contribution in [1.29, 1.82) is 0 Å². The fraction of sp³-hybridized carbons (Fsp3) is 0.444. The molecule has 26 heavy (non-hydrogen) atoms. The van der Waals surface area contributed by atoms with Crippen LogP contribution in [0, 0.1) is 6.92 Å². The van der Waals surface area contributed by atoms with Crippen molar-refractivity contribution in [3.05, 3.63) is 29.5 Å². The molecule has 0 saturated heterocycles. The fourth-order valence-corrected chi connectivity index (χ4v) is 4.55. The van der Waals surface area contributed by atoms with Crippen LogP contribution < -0.4 is 5.32 Å². The molecule has 0 aliphatic heterocycles. The first-order valence-electron chi connectivity index (χ1n) is 8.63. The van der Waals surface area contributed by atoms with E-state index in [1.54, 1.807) is 19.1 Å². The van der Waals surface area contributed by atoms with E-state index in [0.717, 1.165) is 0 Å². The number of carbonyl (C=O) groups excluding carboxylic acids is 1. The molecule has 0 fully saturated rings. The summed E-state index contributed by atoms with van der Waals surface area (Å²) in [5, 5.41) is 6.61. The van der Waals surface area contributed by atoms with Crippen LogP contribution in [0.4, 0.5) is 5.88 Å². The van der Waals surface area contributed by atoms with Crippen LogP contribution in [0.2, 0.25) is 0 Å². The second-order valence-corrected chi connectivity index (χ2v) is 7.84. The molecule has 1 heterocycles. The van der Waals surface area contributed by atoms with Crippen molar-refractivity contribution in [2.45, 2.75) is 45.9 Å². The lowest BCUT2D eigenvalue weighted by molar-refractivity contribution is -0.114. The van der Waals surface area contributed by atoms with Crippen LogP contribution in [-0.4, -0.2) is 36.9 Å². The first kappa shape index (κ1) is 20.1. The van der Waals surface area contributed by atoms with E-state index in [4.69, 9.17) is 4.52 Å². The van der Waals surface area contributed by atoms with E-state index in [2.05, 4.69) is 10.5 Å². The number of rotatable bonds is 7. The molecule has 0 unspecified atom stereocenters. The highest BCUT2D eigenvalue weighted by Crippen LogP contribution is 2.34. The van der Waals surface area contributed by atoms with Crippen LogP contribution in [0.3, 0.4) is 0 Å². The molecular weight excluding hydrogens is 354 g/mol. The van der Waals surface area contributed by atoms with E-state index in [1.807, 2.05) is 26.8 Å². The monoisotopic (exact) mass is 379 g/mol. The Kier molecular flexibility index (Phi) is 6.20. The van der Waals surface area contributed by atoms with Gasteiger partial charge in [0.15, 0.2) is 0 Å². The SMILES string of the molecule is CCc1noc(NC(C)=O)c1-c1ccc(C)c(S(=O)(=O)N(CC)CC)c1. The van der Waals surface area contributed by atoms with Crippen molar-refractivity contribution in [2.75, 3.05) is 18.4 Å². The quantitative estimate of drug-likeness (QED) is 0.797. The maximum Gasteiger partial charge on any atom is 0.243 e. The lowest BCUT2D eigenvalue weighted by Gasteiger charge is -2.20. The van der Waals surface area contributed by atoms with Crippen LogP contribution in [0.25, 0.3) is 11.1 Å². The number of hydrogen-bond donors (Lipinski definition) is 1. The molecular formula is C18H25N3O4S. The van der Waals surface area contributed by atoms with Gasteiger partial charge in [0.1, 0.15) is 0 Å². The van der Waals surface area contributed by atoms with Gasteiger partial charge in [0.2, 0.25) is 21.8 Å². The molecule has 1 aromatic heterocycles. The molecule has 0 bridgehead atoms. The van der Waals surface area contributed by atoms with E-state index in [9.17, 15) is 13.2 Å². The Morgan fingerprint density at radius 1 is 1.23 bits per heavy atom. The van der Waals surface area contributed by atoms with Gasteiger partial charge >= 0.3 is 0 Å². The molecule has 142 valence electrons. The summed E-state index contributed by atoms with van der Waals surface area (Å²) in [4.78, 5) is 11.7. The summed E-state index contributed by atoms with van der Waals surface area (Å²) in [5.74, 6) is -0.0578. The zero-order valence-corrected chi connectivity index (χ0v) is 16.6. The maximum absolute atomic E-state index is 13.0. The van der Waals surface area contributed by atoms with Crippen molar-refractivity contribution in [3.8, 4) is 11.1 Å². The van der Waals surface area contributed by atoms with E-state index in [-0.39, 0.29) is 16.7 Å². The standard InChI is InChI=1S/C18H25N3O4S/c1-6-15-17(18(25-20-15)19-13(5)22)14-10-9-12(4)16(11-14)26(23,24)21(7-2)8-3/h9-11H,6-8H2,1-5H3,(H,19,22). The highest BCUT2D eigenvalue weighted by Gasteiger charge is 2.26. The topological polar surface area (TPSA) is 92.5 Å². The van der Waals surface area contributed by atoms with Crippen molar-refractivity contribution in [2.24, 2.45) is 0 Å². The van der Waals surface area contributed by atoms with Gasteiger partial charge in [-0.25, -0.2) is 8.42 Å². The first-order chi connectivity index (χ1) is 12.3.